The van der Waals surface area contributed by atoms with Crippen LogP contribution in [0.15, 0.2) is 72.8 Å². The predicted molar refractivity (Wildman–Crippen MR) is 265 cm³/mol. The van der Waals surface area contributed by atoms with Gasteiger partial charge in [0.2, 0.25) is 11.8 Å². The maximum Gasteiger partial charge on any atom is 0.407 e. The molecule has 4 N–H and O–H groups in total. The summed E-state index contributed by atoms with van der Waals surface area (Å²) in [5.74, 6) is 3.58. The van der Waals surface area contributed by atoms with E-state index in [0.29, 0.717) is 23.3 Å². The van der Waals surface area contributed by atoms with Gasteiger partial charge in [-0.25, -0.2) is 19.6 Å². The lowest BCUT2D eigenvalue weighted by Gasteiger charge is -2.29. The number of methoxy groups -OCH3 is 2. The van der Waals surface area contributed by atoms with Crippen molar-refractivity contribution in [2.75, 3.05) is 37.5 Å². The average Bonchev–Trinajstić information content (AvgIpc) is 4.16. The fraction of sp³-hybridized carbons (Fsp3) is 0.412. The van der Waals surface area contributed by atoms with Gasteiger partial charge in [0, 0.05) is 11.5 Å². The van der Waals surface area contributed by atoms with Gasteiger partial charge in [-0.1, -0.05) is 83.1 Å². The average molecular weight is 943 g/mol. The van der Waals surface area contributed by atoms with Crippen molar-refractivity contribution in [3.63, 3.8) is 0 Å². The van der Waals surface area contributed by atoms with E-state index < -0.39 is 24.3 Å². The minimum Gasteiger partial charge on any atom is -0.453 e. The van der Waals surface area contributed by atoms with E-state index in [2.05, 4.69) is 100 Å². The smallest absolute Gasteiger partial charge is 0.407 e. The highest BCUT2D eigenvalue weighted by Gasteiger charge is 2.39. The number of carbonyl (C=O) groups excluding carboxylic acids is 4. The highest BCUT2D eigenvalue weighted by Crippen LogP contribution is 2.39. The van der Waals surface area contributed by atoms with Gasteiger partial charge in [0.1, 0.15) is 23.7 Å². The molecule has 67 heavy (non-hydrogen) atoms. The minimum absolute atomic E-state index is 0.120. The Hall–Kier alpha value is -6.00. The lowest BCUT2D eigenvalue weighted by molar-refractivity contribution is -0.135. The van der Waals surface area contributed by atoms with E-state index in [9.17, 15) is 19.2 Å². The zero-order valence-corrected chi connectivity index (χ0v) is 40.6. The number of alkyl carbamates (subject to hydrolysis) is 2. The molecule has 2 aromatic heterocycles. The molecule has 0 spiro atoms. The van der Waals surface area contributed by atoms with Crippen LogP contribution in [0.5, 0.6) is 0 Å². The maximum absolute atomic E-state index is 13.8. The number of nitrogens with one attached hydrogen (secondary N) is 4. The number of imidazole rings is 2. The van der Waals surface area contributed by atoms with E-state index >= 15 is 0 Å². The van der Waals surface area contributed by atoms with Gasteiger partial charge < -0.3 is 39.9 Å². The summed E-state index contributed by atoms with van der Waals surface area (Å²) >= 11 is 3.35. The largest absolute Gasteiger partial charge is 0.453 e. The third kappa shape index (κ3) is 9.34. The van der Waals surface area contributed by atoms with E-state index in [1.165, 1.54) is 47.6 Å². The molecule has 2 aliphatic heterocycles. The first-order chi connectivity index (χ1) is 32.3. The number of aromatic nitrogens is 4. The third-order valence-corrected chi connectivity index (χ3v) is 15.5. The number of ether oxygens (including phenoxy) is 2. The fourth-order valence-electron chi connectivity index (χ4n) is 9.57. The van der Waals surface area contributed by atoms with Crippen LogP contribution in [0, 0.1) is 11.8 Å². The fourth-order valence-corrected chi connectivity index (χ4v) is 11.9. The van der Waals surface area contributed by atoms with Gasteiger partial charge >= 0.3 is 12.2 Å². The first-order valence-electron chi connectivity index (χ1n) is 23.0. The van der Waals surface area contributed by atoms with Crippen LogP contribution < -0.4 is 10.6 Å². The molecular weight excluding hydrogens is 885 g/mol. The van der Waals surface area contributed by atoms with Crippen molar-refractivity contribution in [2.24, 2.45) is 11.8 Å². The van der Waals surface area contributed by atoms with Gasteiger partial charge in [0.25, 0.3) is 0 Å². The Morgan fingerprint density at radius 3 is 1.67 bits per heavy atom. The van der Waals surface area contributed by atoms with Gasteiger partial charge in [0.15, 0.2) is 0 Å². The van der Waals surface area contributed by atoms with Gasteiger partial charge in [-0.05, 0) is 106 Å². The van der Waals surface area contributed by atoms with Gasteiger partial charge in [0.05, 0.1) is 60.1 Å². The molecule has 0 radical (unpaired) electrons. The zero-order chi connectivity index (χ0) is 47.1. The number of hydrogen-bond donors (Lipinski definition) is 4. The number of aromatic amines is 2. The van der Waals surface area contributed by atoms with Crippen molar-refractivity contribution in [1.82, 2.24) is 40.4 Å². The second-order valence-corrected chi connectivity index (χ2v) is 20.6. The molecular formula is C51H58N8O6S2. The van der Waals surface area contributed by atoms with Crippen molar-refractivity contribution in [3.05, 3.63) is 107 Å². The van der Waals surface area contributed by atoms with Gasteiger partial charge in [-0.3, -0.25) is 9.59 Å². The molecule has 4 heterocycles. The summed E-state index contributed by atoms with van der Waals surface area (Å²) in [6, 6.07) is 24.8. The molecule has 12 rings (SSSR count). The number of carbonyl (C=O) groups is 4. The molecule has 4 aromatic carbocycles. The van der Waals surface area contributed by atoms with Crippen LogP contribution in [0.2, 0.25) is 0 Å². The molecule has 4 bridgehead atoms. The summed E-state index contributed by atoms with van der Waals surface area (Å²) in [6.45, 7) is 9.95. The lowest BCUT2D eigenvalue weighted by atomic mass is 9.84. The predicted octanol–water partition coefficient (Wildman–Crippen LogP) is 9.13. The zero-order valence-electron chi connectivity index (χ0n) is 39.0. The van der Waals surface area contributed by atoms with Crippen LogP contribution in [0.3, 0.4) is 0 Å². The molecule has 2 saturated heterocycles. The molecule has 4 unspecified atom stereocenters. The molecule has 16 heteroatoms. The monoisotopic (exact) mass is 942 g/mol. The van der Waals surface area contributed by atoms with Crippen LogP contribution in [0.4, 0.5) is 9.59 Å². The SMILES string of the molecule is COC(=O)NC(C(=O)N1CSCC1c1nc2cc(-c3cc4ccc3CCc3ccc(c(-c5ccc6[nH]c(C7CSCN7C(=O)C(NC(=O)OC)C(C)C)nc6c5)c3)C[C@H]4C)ccc2[nH]1)C(C)C. The normalized spacial score (nSPS) is 19.2. The van der Waals surface area contributed by atoms with Crippen molar-refractivity contribution in [2.45, 2.75) is 84.0 Å². The van der Waals surface area contributed by atoms with E-state index in [1.807, 2.05) is 37.5 Å². The number of benzene rings is 4. The number of hydrogen-bond acceptors (Lipinski definition) is 10. The Morgan fingerprint density at radius 2 is 1.16 bits per heavy atom. The van der Waals surface area contributed by atoms with Crippen LogP contribution in [0.25, 0.3) is 44.3 Å². The minimum atomic E-state index is -0.708. The number of nitrogens with zero attached hydrogens (tertiary/aromatic N) is 4. The maximum atomic E-state index is 13.8. The number of aryl methyl sites for hydroxylation is 2. The van der Waals surface area contributed by atoms with Crippen molar-refractivity contribution in [3.8, 4) is 22.3 Å². The first kappa shape index (κ1) is 46.1. The van der Waals surface area contributed by atoms with Crippen LogP contribution in [-0.2, 0) is 38.3 Å². The Labute approximate surface area is 399 Å². The topological polar surface area (TPSA) is 175 Å². The Balaban J connectivity index is 0.958. The standard InChI is InChI=1S/C51H58N8O6S2/c1-27(2)44(56-50(62)64-6)48(60)58-25-66-23-42(58)46-52-38-16-14-34(21-40(38)54-46)36-19-30-8-10-31-12-13-32(29(5)18-33(36)11-9-30)20-37(31)35-15-17-39-41(22-35)55-47(53-39)43-24-67-26-59(43)49(61)45(28(3)4)57-51(63)65-7/h9,11-17,19-22,27-29,42-45H,8,10,18,23-26H2,1-7H3,(H,52,54)(H,53,55)(H,56,62)(H,57,63)/t29-,42?,43?,44?,45?/m1/s1. The summed E-state index contributed by atoms with van der Waals surface area (Å²) in [6.07, 6.45) is 1.30. The van der Waals surface area contributed by atoms with Crippen LogP contribution in [0.1, 0.15) is 86.5 Å². The van der Waals surface area contributed by atoms with E-state index in [0.717, 1.165) is 64.1 Å². The second kappa shape index (κ2) is 19.3. The Bertz CT molecular complexity index is 2860. The van der Waals surface area contributed by atoms with E-state index in [1.54, 1.807) is 23.5 Å². The van der Waals surface area contributed by atoms with E-state index in [4.69, 9.17) is 19.4 Å². The Kier molecular flexibility index (Phi) is 13.3. The number of fused-ring (bicyclic) bond motifs is 2. The summed E-state index contributed by atoms with van der Waals surface area (Å²) < 4.78 is 9.64. The van der Waals surface area contributed by atoms with E-state index in [-0.39, 0.29) is 41.7 Å². The molecule has 2 fully saturated rings. The van der Waals surface area contributed by atoms with Crippen molar-refractivity contribution in [1.29, 1.82) is 0 Å². The van der Waals surface area contributed by atoms with Crippen LogP contribution >= 0.6 is 23.5 Å². The highest BCUT2D eigenvalue weighted by molar-refractivity contribution is 7.99. The number of thioether (sulfide) groups is 2. The molecule has 14 nitrogen and oxygen atoms in total. The third-order valence-electron chi connectivity index (χ3n) is 13.5. The first-order valence-corrected chi connectivity index (χ1v) is 25.3. The van der Waals surface area contributed by atoms with Crippen LogP contribution in [-0.4, -0.2) is 103 Å². The molecule has 0 saturated carbocycles. The summed E-state index contributed by atoms with van der Waals surface area (Å²) in [5, 5.41) is 5.46. The number of H-pyrrole nitrogens is 2. The molecule has 6 aromatic rings. The summed E-state index contributed by atoms with van der Waals surface area (Å²) in [5.41, 5.74) is 13.2. The summed E-state index contributed by atoms with van der Waals surface area (Å²) in [7, 11) is 2.60. The number of amides is 4. The number of rotatable bonds is 10. The quantitative estimate of drug-likeness (QED) is 0.104. The van der Waals surface area contributed by atoms with Crippen molar-refractivity contribution < 1.29 is 28.7 Å². The second-order valence-electron chi connectivity index (χ2n) is 18.6. The van der Waals surface area contributed by atoms with Gasteiger partial charge in [-0.15, -0.1) is 23.5 Å². The lowest BCUT2D eigenvalue weighted by Crippen LogP contribution is -2.51. The highest BCUT2D eigenvalue weighted by atomic mass is 32.2. The summed E-state index contributed by atoms with van der Waals surface area (Å²) in [4.78, 5) is 72.7. The molecule has 350 valence electrons. The molecule has 6 aliphatic rings. The van der Waals surface area contributed by atoms with Gasteiger partial charge in [-0.2, -0.15) is 0 Å². The molecule has 4 amide bonds. The Morgan fingerprint density at radius 1 is 0.657 bits per heavy atom. The molecule has 5 atom stereocenters. The molecule has 4 aliphatic carbocycles. The van der Waals surface area contributed by atoms with Crippen molar-refractivity contribution >= 4 is 69.6 Å².